The molecule has 0 aromatic rings. The lowest BCUT2D eigenvalue weighted by Gasteiger charge is -2.43. The topological polar surface area (TPSA) is 83.9 Å². The number of carboxylic acids is 1. The zero-order valence-corrected chi connectivity index (χ0v) is 13.9. The van der Waals surface area contributed by atoms with Crippen LogP contribution in [-0.2, 0) is 19.4 Å². The van der Waals surface area contributed by atoms with E-state index in [1.165, 1.54) is 0 Å². The van der Waals surface area contributed by atoms with E-state index in [4.69, 9.17) is 9.84 Å². The highest BCUT2D eigenvalue weighted by Crippen LogP contribution is 2.41. The summed E-state index contributed by atoms with van der Waals surface area (Å²) in [5, 5.41) is 9.08. The maximum Gasteiger partial charge on any atom is 0.304 e. The molecule has 2 rings (SSSR count). The number of nitrogens with zero attached hydrogens (tertiary/aromatic N) is 1. The maximum absolute atomic E-state index is 11.8. The number of hydrogen-bond acceptors (Lipinski definition) is 5. The molecule has 0 saturated carbocycles. The normalized spacial score (nSPS) is 34.7. The lowest BCUT2D eigenvalue weighted by Crippen LogP contribution is -2.58. The highest BCUT2D eigenvalue weighted by Gasteiger charge is 2.51. The summed E-state index contributed by atoms with van der Waals surface area (Å²) in [6, 6.07) is -0.435. The molecule has 21 heavy (non-hydrogen) atoms. The third kappa shape index (κ3) is 3.76. The third-order valence-electron chi connectivity index (χ3n) is 4.41. The summed E-state index contributed by atoms with van der Waals surface area (Å²) in [7, 11) is -3.15. The van der Waals surface area contributed by atoms with Gasteiger partial charge in [0.25, 0.3) is 0 Å². The summed E-state index contributed by atoms with van der Waals surface area (Å²) in [5.74, 6) is -0.944. The van der Waals surface area contributed by atoms with E-state index >= 15 is 0 Å². The van der Waals surface area contributed by atoms with Crippen LogP contribution in [0.15, 0.2) is 0 Å². The van der Waals surface area contributed by atoms with Gasteiger partial charge in [-0.15, -0.1) is 0 Å². The number of hydrogen-bond donors (Lipinski definition) is 1. The predicted molar refractivity (Wildman–Crippen MR) is 79.0 cm³/mol. The van der Waals surface area contributed by atoms with Gasteiger partial charge < -0.3 is 9.84 Å². The van der Waals surface area contributed by atoms with Crippen molar-refractivity contribution < 1.29 is 23.1 Å². The molecule has 2 aliphatic rings. The number of carbonyl (C=O) groups is 1. The van der Waals surface area contributed by atoms with Gasteiger partial charge in [-0.05, 0) is 34.1 Å². The van der Waals surface area contributed by atoms with E-state index in [0.717, 1.165) is 6.42 Å². The van der Waals surface area contributed by atoms with Gasteiger partial charge in [-0.1, -0.05) is 0 Å². The van der Waals surface area contributed by atoms with E-state index in [-0.39, 0.29) is 29.6 Å². The van der Waals surface area contributed by atoms with Gasteiger partial charge in [0, 0.05) is 18.6 Å². The molecule has 2 fully saturated rings. The molecule has 0 radical (unpaired) electrons. The summed E-state index contributed by atoms with van der Waals surface area (Å²) in [4.78, 5) is 13.1. The first kappa shape index (κ1) is 16.7. The molecule has 2 atom stereocenters. The van der Waals surface area contributed by atoms with E-state index in [1.54, 1.807) is 0 Å². The fourth-order valence-electron chi connectivity index (χ4n) is 3.74. The first-order chi connectivity index (χ1) is 9.42. The van der Waals surface area contributed by atoms with E-state index in [1.807, 2.05) is 32.6 Å². The van der Waals surface area contributed by atoms with Gasteiger partial charge in [0.15, 0.2) is 9.84 Å². The van der Waals surface area contributed by atoms with E-state index in [0.29, 0.717) is 6.54 Å². The summed E-state index contributed by atoms with van der Waals surface area (Å²) >= 11 is 0. The first-order valence-corrected chi connectivity index (χ1v) is 9.12. The summed E-state index contributed by atoms with van der Waals surface area (Å²) in [6.45, 7) is 8.40. The standard InChI is InChI=1S/C14H25NO5S/c1-13(2)8-11(14(3,4)20-13)15-5-6-21(18,19)9-10(15)7-12(16)17/h10-11H,5-9H2,1-4H3,(H,16,17). The molecule has 0 spiro atoms. The van der Waals surface area contributed by atoms with Crippen LogP contribution in [0.3, 0.4) is 0 Å². The number of ether oxygens (including phenoxy) is 1. The van der Waals surface area contributed by atoms with Crippen molar-refractivity contribution in [1.29, 1.82) is 0 Å². The predicted octanol–water partition coefficient (Wildman–Crippen LogP) is 0.906. The van der Waals surface area contributed by atoms with Crippen LogP contribution in [0.1, 0.15) is 40.5 Å². The molecular weight excluding hydrogens is 294 g/mol. The Morgan fingerprint density at radius 3 is 2.43 bits per heavy atom. The zero-order chi connectivity index (χ0) is 16.1. The van der Waals surface area contributed by atoms with Crippen LogP contribution in [0, 0.1) is 0 Å². The first-order valence-electron chi connectivity index (χ1n) is 7.30. The molecule has 122 valence electrons. The molecule has 1 N–H and O–H groups in total. The van der Waals surface area contributed by atoms with Crippen LogP contribution in [0.5, 0.6) is 0 Å². The van der Waals surface area contributed by atoms with Gasteiger partial charge >= 0.3 is 5.97 Å². The Labute approximate surface area is 126 Å². The molecule has 0 aliphatic carbocycles. The fourth-order valence-corrected chi connectivity index (χ4v) is 5.29. The van der Waals surface area contributed by atoms with Gasteiger partial charge in [0.2, 0.25) is 0 Å². The van der Waals surface area contributed by atoms with Crippen LogP contribution in [0.4, 0.5) is 0 Å². The van der Waals surface area contributed by atoms with Crippen molar-refractivity contribution in [2.45, 2.75) is 63.8 Å². The van der Waals surface area contributed by atoms with Crippen molar-refractivity contribution in [1.82, 2.24) is 4.90 Å². The van der Waals surface area contributed by atoms with Gasteiger partial charge in [-0.3, -0.25) is 9.69 Å². The lowest BCUT2D eigenvalue weighted by atomic mass is 9.91. The Hall–Kier alpha value is -0.660. The van der Waals surface area contributed by atoms with Crippen LogP contribution < -0.4 is 0 Å². The second-order valence-electron chi connectivity index (χ2n) is 7.29. The zero-order valence-electron chi connectivity index (χ0n) is 13.1. The van der Waals surface area contributed by atoms with E-state index < -0.39 is 27.4 Å². The van der Waals surface area contributed by atoms with Crippen LogP contribution in [0.2, 0.25) is 0 Å². The maximum atomic E-state index is 11.8. The third-order valence-corrected chi connectivity index (χ3v) is 6.11. The Morgan fingerprint density at radius 1 is 1.33 bits per heavy atom. The molecule has 0 amide bonds. The SMILES string of the molecule is CC1(C)CC(N2CCS(=O)(=O)CC2CC(=O)O)C(C)(C)O1. The Balaban J connectivity index is 2.26. The Kier molecular flexibility index (Phi) is 4.14. The molecule has 0 bridgehead atoms. The van der Waals surface area contributed by atoms with Crippen LogP contribution >= 0.6 is 0 Å². The minimum Gasteiger partial charge on any atom is -0.481 e. The minimum absolute atomic E-state index is 0.0346. The van der Waals surface area contributed by atoms with Gasteiger partial charge in [-0.2, -0.15) is 0 Å². The van der Waals surface area contributed by atoms with E-state index in [2.05, 4.69) is 0 Å². The average molecular weight is 319 g/mol. The van der Waals surface area contributed by atoms with Crippen molar-refractivity contribution in [3.63, 3.8) is 0 Å². The van der Waals surface area contributed by atoms with Crippen LogP contribution in [0.25, 0.3) is 0 Å². The molecule has 0 aromatic carbocycles. The second-order valence-corrected chi connectivity index (χ2v) is 9.52. The van der Waals surface area contributed by atoms with Crippen molar-refractivity contribution in [2.24, 2.45) is 0 Å². The van der Waals surface area contributed by atoms with Gasteiger partial charge in [0.05, 0.1) is 29.1 Å². The van der Waals surface area contributed by atoms with E-state index in [9.17, 15) is 13.2 Å². The molecule has 0 aromatic heterocycles. The number of sulfone groups is 1. The molecular formula is C14H25NO5S. The van der Waals surface area contributed by atoms with Crippen molar-refractivity contribution in [3.8, 4) is 0 Å². The average Bonchev–Trinajstić information content (AvgIpc) is 2.44. The molecule has 2 saturated heterocycles. The van der Waals surface area contributed by atoms with Gasteiger partial charge in [0.1, 0.15) is 0 Å². The summed E-state index contributed by atoms with van der Waals surface area (Å²) in [6.07, 6.45) is 0.627. The Morgan fingerprint density at radius 2 is 1.95 bits per heavy atom. The number of aliphatic carboxylic acids is 1. The molecule has 7 heteroatoms. The monoisotopic (exact) mass is 319 g/mol. The van der Waals surface area contributed by atoms with Crippen molar-refractivity contribution in [3.05, 3.63) is 0 Å². The largest absolute Gasteiger partial charge is 0.481 e. The smallest absolute Gasteiger partial charge is 0.304 e. The summed E-state index contributed by atoms with van der Waals surface area (Å²) in [5.41, 5.74) is -0.695. The number of rotatable bonds is 3. The molecule has 2 heterocycles. The highest BCUT2D eigenvalue weighted by atomic mass is 32.2. The Bertz CT molecular complexity index is 525. The fraction of sp³-hybridized carbons (Fsp3) is 0.929. The quantitative estimate of drug-likeness (QED) is 0.832. The number of carboxylic acid groups (broad SMARTS) is 1. The molecule has 2 aliphatic heterocycles. The van der Waals surface area contributed by atoms with Crippen LogP contribution in [-0.4, -0.2) is 65.7 Å². The molecule has 6 nitrogen and oxygen atoms in total. The highest BCUT2D eigenvalue weighted by molar-refractivity contribution is 7.91. The minimum atomic E-state index is -3.15. The van der Waals surface area contributed by atoms with Crippen molar-refractivity contribution >= 4 is 15.8 Å². The van der Waals surface area contributed by atoms with Gasteiger partial charge in [-0.25, -0.2) is 8.42 Å². The second kappa shape index (κ2) is 5.21. The molecule has 2 unspecified atom stereocenters. The van der Waals surface area contributed by atoms with Crippen molar-refractivity contribution in [2.75, 3.05) is 18.1 Å². The lowest BCUT2D eigenvalue weighted by molar-refractivity contribution is -0.139. The summed E-state index contributed by atoms with van der Waals surface area (Å²) < 4.78 is 29.8.